The van der Waals surface area contributed by atoms with Crippen LogP contribution in [0.15, 0.2) is 22.7 Å². The summed E-state index contributed by atoms with van der Waals surface area (Å²) in [6.07, 6.45) is 1.83. The fourth-order valence-electron chi connectivity index (χ4n) is 1.43. The fourth-order valence-corrected chi connectivity index (χ4v) is 1.97. The fraction of sp³-hybridized carbons (Fsp3) is 0.455. The van der Waals surface area contributed by atoms with Crippen LogP contribution < -0.4 is 16.2 Å². The summed E-state index contributed by atoms with van der Waals surface area (Å²) in [5.74, 6) is 0.830. The first kappa shape index (κ1) is 15.7. The molecule has 0 amide bonds. The van der Waals surface area contributed by atoms with Gasteiger partial charge in [-0.15, -0.1) is 12.4 Å². The monoisotopic (exact) mass is 308 g/mol. The van der Waals surface area contributed by atoms with Crippen molar-refractivity contribution in [3.8, 4) is 5.75 Å². The summed E-state index contributed by atoms with van der Waals surface area (Å²) in [5, 5.41) is 0. The van der Waals surface area contributed by atoms with Crippen LogP contribution in [0.1, 0.15) is 24.4 Å². The molecule has 0 unspecified atom stereocenters. The van der Waals surface area contributed by atoms with Crippen molar-refractivity contribution in [2.45, 2.75) is 18.9 Å². The van der Waals surface area contributed by atoms with E-state index in [1.54, 1.807) is 7.11 Å². The second-order valence-corrected chi connectivity index (χ2v) is 4.28. The summed E-state index contributed by atoms with van der Waals surface area (Å²) in [5.41, 5.74) is 12.6. The van der Waals surface area contributed by atoms with Gasteiger partial charge in [0.15, 0.2) is 0 Å². The predicted octanol–water partition coefficient (Wildman–Crippen LogP) is 2.62. The minimum atomic E-state index is 0. The zero-order chi connectivity index (χ0) is 11.3. The van der Waals surface area contributed by atoms with Crippen molar-refractivity contribution in [2.24, 2.45) is 11.5 Å². The number of ether oxygens (including phenoxy) is 1. The van der Waals surface area contributed by atoms with Crippen molar-refractivity contribution in [2.75, 3.05) is 13.7 Å². The summed E-state index contributed by atoms with van der Waals surface area (Å²) in [4.78, 5) is 0. The molecule has 0 radical (unpaired) electrons. The van der Waals surface area contributed by atoms with Crippen molar-refractivity contribution in [1.29, 1.82) is 0 Å². The molecule has 0 saturated carbocycles. The van der Waals surface area contributed by atoms with Crippen LogP contribution in [0, 0.1) is 0 Å². The van der Waals surface area contributed by atoms with E-state index in [9.17, 15) is 0 Å². The molecule has 0 aliphatic carbocycles. The van der Waals surface area contributed by atoms with Gasteiger partial charge in [0.2, 0.25) is 0 Å². The van der Waals surface area contributed by atoms with E-state index in [4.69, 9.17) is 16.2 Å². The van der Waals surface area contributed by atoms with Gasteiger partial charge in [-0.25, -0.2) is 0 Å². The summed E-state index contributed by atoms with van der Waals surface area (Å²) >= 11 is 3.49. The highest BCUT2D eigenvalue weighted by Gasteiger charge is 2.10. The second-order valence-electron chi connectivity index (χ2n) is 3.42. The van der Waals surface area contributed by atoms with Gasteiger partial charge in [0.25, 0.3) is 0 Å². The third kappa shape index (κ3) is 4.29. The SMILES string of the molecule is COc1ccc(Br)c([C@H](N)CCCN)c1.Cl. The maximum absolute atomic E-state index is 6.06. The van der Waals surface area contributed by atoms with E-state index in [0.717, 1.165) is 28.6 Å². The minimum Gasteiger partial charge on any atom is -0.497 e. The first-order valence-electron chi connectivity index (χ1n) is 4.98. The van der Waals surface area contributed by atoms with Crippen LogP contribution in [-0.2, 0) is 0 Å². The van der Waals surface area contributed by atoms with Gasteiger partial charge in [0, 0.05) is 10.5 Å². The zero-order valence-corrected chi connectivity index (χ0v) is 11.7. The Morgan fingerprint density at radius 2 is 2.12 bits per heavy atom. The van der Waals surface area contributed by atoms with Crippen molar-refractivity contribution in [3.05, 3.63) is 28.2 Å². The highest BCUT2D eigenvalue weighted by Crippen LogP contribution is 2.28. The highest BCUT2D eigenvalue weighted by atomic mass is 79.9. The van der Waals surface area contributed by atoms with E-state index in [2.05, 4.69) is 15.9 Å². The van der Waals surface area contributed by atoms with Crippen molar-refractivity contribution < 1.29 is 4.74 Å². The van der Waals surface area contributed by atoms with E-state index in [-0.39, 0.29) is 18.4 Å². The van der Waals surface area contributed by atoms with E-state index in [0.29, 0.717) is 6.54 Å². The van der Waals surface area contributed by atoms with E-state index in [1.165, 1.54) is 0 Å². The second kappa shape index (κ2) is 7.90. The average molecular weight is 310 g/mol. The zero-order valence-electron chi connectivity index (χ0n) is 9.28. The molecular weight excluding hydrogens is 291 g/mol. The Kier molecular flexibility index (Phi) is 7.76. The van der Waals surface area contributed by atoms with Gasteiger partial charge in [-0.2, -0.15) is 0 Å². The molecule has 92 valence electrons. The molecule has 1 aromatic rings. The van der Waals surface area contributed by atoms with Crippen LogP contribution in [0.5, 0.6) is 5.75 Å². The number of hydrogen-bond donors (Lipinski definition) is 2. The predicted molar refractivity (Wildman–Crippen MR) is 73.2 cm³/mol. The normalized spacial score (nSPS) is 11.8. The maximum atomic E-state index is 6.06. The number of nitrogens with two attached hydrogens (primary N) is 2. The van der Waals surface area contributed by atoms with Crippen molar-refractivity contribution in [1.82, 2.24) is 0 Å². The Morgan fingerprint density at radius 1 is 1.44 bits per heavy atom. The van der Waals surface area contributed by atoms with Crippen LogP contribution in [0.2, 0.25) is 0 Å². The lowest BCUT2D eigenvalue weighted by Crippen LogP contribution is -2.13. The van der Waals surface area contributed by atoms with Gasteiger partial charge in [0.05, 0.1) is 7.11 Å². The first-order chi connectivity index (χ1) is 7.19. The molecule has 3 nitrogen and oxygen atoms in total. The summed E-state index contributed by atoms with van der Waals surface area (Å²) in [7, 11) is 1.65. The Morgan fingerprint density at radius 3 is 2.69 bits per heavy atom. The van der Waals surface area contributed by atoms with Crippen LogP contribution in [0.4, 0.5) is 0 Å². The molecule has 0 bridgehead atoms. The molecule has 0 saturated heterocycles. The van der Waals surface area contributed by atoms with E-state index < -0.39 is 0 Å². The van der Waals surface area contributed by atoms with Gasteiger partial charge in [-0.1, -0.05) is 15.9 Å². The molecule has 1 atom stereocenters. The van der Waals surface area contributed by atoms with Crippen molar-refractivity contribution >= 4 is 28.3 Å². The lowest BCUT2D eigenvalue weighted by Gasteiger charge is -2.14. The maximum Gasteiger partial charge on any atom is 0.119 e. The Labute approximate surface area is 111 Å². The summed E-state index contributed by atoms with van der Waals surface area (Å²) in [6, 6.07) is 5.84. The third-order valence-corrected chi connectivity index (χ3v) is 3.04. The van der Waals surface area contributed by atoms with Crippen LogP contribution in [0.3, 0.4) is 0 Å². The largest absolute Gasteiger partial charge is 0.497 e. The number of methoxy groups -OCH3 is 1. The molecular formula is C11H18BrClN2O. The molecule has 16 heavy (non-hydrogen) atoms. The lowest BCUT2D eigenvalue weighted by molar-refractivity contribution is 0.413. The number of hydrogen-bond acceptors (Lipinski definition) is 3. The standard InChI is InChI=1S/C11H17BrN2O.ClH/c1-15-8-4-5-10(12)9(7-8)11(14)3-2-6-13;/h4-5,7,11H,2-3,6,13-14H2,1H3;1H/t11-;/m1./s1. The Balaban J connectivity index is 0.00000225. The lowest BCUT2D eigenvalue weighted by atomic mass is 10.0. The molecule has 1 rings (SSSR count). The van der Waals surface area contributed by atoms with Gasteiger partial charge in [-0.05, 0) is 43.1 Å². The minimum absolute atomic E-state index is 0. The summed E-state index contributed by atoms with van der Waals surface area (Å²) in [6.45, 7) is 0.676. The molecule has 0 aromatic heterocycles. The van der Waals surface area contributed by atoms with Gasteiger partial charge < -0.3 is 16.2 Å². The van der Waals surface area contributed by atoms with Gasteiger partial charge in [0.1, 0.15) is 5.75 Å². The first-order valence-corrected chi connectivity index (χ1v) is 5.77. The van der Waals surface area contributed by atoms with Gasteiger partial charge >= 0.3 is 0 Å². The topological polar surface area (TPSA) is 61.3 Å². The number of halogens is 2. The Hall–Kier alpha value is -0.290. The molecule has 0 spiro atoms. The van der Waals surface area contributed by atoms with Crippen molar-refractivity contribution in [3.63, 3.8) is 0 Å². The molecule has 1 aromatic carbocycles. The molecule has 4 N–H and O–H groups in total. The quantitative estimate of drug-likeness (QED) is 0.879. The molecule has 0 aliphatic rings. The average Bonchev–Trinajstić information content (AvgIpc) is 2.26. The molecule has 0 heterocycles. The number of rotatable bonds is 5. The molecule has 5 heteroatoms. The summed E-state index contributed by atoms with van der Waals surface area (Å²) < 4.78 is 6.18. The number of benzene rings is 1. The van der Waals surface area contributed by atoms with E-state index >= 15 is 0 Å². The van der Waals surface area contributed by atoms with Crippen LogP contribution >= 0.6 is 28.3 Å². The molecule has 0 fully saturated rings. The highest BCUT2D eigenvalue weighted by molar-refractivity contribution is 9.10. The van der Waals surface area contributed by atoms with Gasteiger partial charge in [-0.3, -0.25) is 0 Å². The van der Waals surface area contributed by atoms with Crippen LogP contribution in [0.25, 0.3) is 0 Å². The van der Waals surface area contributed by atoms with E-state index in [1.807, 2.05) is 18.2 Å². The van der Waals surface area contributed by atoms with Crippen LogP contribution in [-0.4, -0.2) is 13.7 Å². The molecule has 0 aliphatic heterocycles. The Bertz CT molecular complexity index is 323. The smallest absolute Gasteiger partial charge is 0.119 e. The third-order valence-electron chi connectivity index (χ3n) is 2.32.